The average molecular weight is 238 g/mol. The van der Waals surface area contributed by atoms with Gasteiger partial charge < -0.3 is 0 Å². The molecule has 0 saturated carbocycles. The molecule has 0 aliphatic heterocycles. The van der Waals surface area contributed by atoms with Gasteiger partial charge in [0.15, 0.2) is 11.0 Å². The van der Waals surface area contributed by atoms with Crippen LogP contribution in [0.15, 0.2) is 6.07 Å². The Morgan fingerprint density at radius 3 is 2.64 bits per heavy atom. The van der Waals surface area contributed by atoms with Crippen molar-refractivity contribution in [2.75, 3.05) is 7.05 Å². The van der Waals surface area contributed by atoms with Crippen LogP contribution in [0.3, 0.4) is 0 Å². The summed E-state index contributed by atoms with van der Waals surface area (Å²) in [5.41, 5.74) is -0.126. The molecule has 0 bridgehead atoms. The Bertz CT molecular complexity index is 383. The lowest BCUT2D eigenvalue weighted by atomic mass is 10.2. The zero-order chi connectivity index (χ0) is 10.9. The van der Waals surface area contributed by atoms with E-state index >= 15 is 0 Å². The highest BCUT2D eigenvalue weighted by atomic mass is 35.5. The Morgan fingerprint density at radius 1 is 1.57 bits per heavy atom. The standard InChI is InChI=1S/C7H6Cl2FN3O/c1-13(11)7(14)3-2-4(10)6(9)12-5(3)8/h2H,11H2,1H3. The third kappa shape index (κ3) is 2.12. The van der Waals surface area contributed by atoms with Gasteiger partial charge in [-0.15, -0.1) is 0 Å². The average Bonchev–Trinajstić information content (AvgIpc) is 2.10. The fraction of sp³-hybridized carbons (Fsp3) is 0.143. The smallest absolute Gasteiger partial charge is 0.270 e. The van der Waals surface area contributed by atoms with E-state index in [1.54, 1.807) is 0 Å². The van der Waals surface area contributed by atoms with Gasteiger partial charge in [-0.2, -0.15) is 0 Å². The molecular weight excluding hydrogens is 232 g/mol. The van der Waals surface area contributed by atoms with E-state index in [1.807, 2.05) is 0 Å². The van der Waals surface area contributed by atoms with Crippen LogP contribution < -0.4 is 5.84 Å². The summed E-state index contributed by atoms with van der Waals surface area (Å²) in [4.78, 5) is 14.7. The fourth-order valence-corrected chi connectivity index (χ4v) is 1.19. The van der Waals surface area contributed by atoms with E-state index in [0.717, 1.165) is 11.1 Å². The number of nitrogens with two attached hydrogens (primary N) is 1. The van der Waals surface area contributed by atoms with E-state index in [4.69, 9.17) is 29.0 Å². The zero-order valence-electron chi connectivity index (χ0n) is 7.09. The first kappa shape index (κ1) is 11.2. The largest absolute Gasteiger partial charge is 0.280 e. The van der Waals surface area contributed by atoms with Crippen molar-refractivity contribution >= 4 is 29.1 Å². The third-order valence-electron chi connectivity index (χ3n) is 1.44. The number of carbonyl (C=O) groups excluding carboxylic acids is 1. The fourth-order valence-electron chi connectivity index (χ4n) is 0.786. The van der Waals surface area contributed by atoms with Crippen LogP contribution in [0.1, 0.15) is 10.4 Å². The van der Waals surface area contributed by atoms with Crippen molar-refractivity contribution in [3.05, 3.63) is 27.8 Å². The molecule has 0 atom stereocenters. The van der Waals surface area contributed by atoms with Crippen LogP contribution in [0.4, 0.5) is 4.39 Å². The molecule has 0 aliphatic carbocycles. The normalized spacial score (nSPS) is 10.1. The quantitative estimate of drug-likeness (QED) is 0.349. The predicted octanol–water partition coefficient (Wildman–Crippen LogP) is 1.47. The summed E-state index contributed by atoms with van der Waals surface area (Å²) in [7, 11) is 1.31. The first-order valence-electron chi connectivity index (χ1n) is 3.47. The second kappa shape index (κ2) is 4.08. The van der Waals surface area contributed by atoms with E-state index in [9.17, 15) is 9.18 Å². The maximum Gasteiger partial charge on any atom is 0.270 e. The Balaban J connectivity index is 3.22. The minimum absolute atomic E-state index is 0.126. The van der Waals surface area contributed by atoms with Crippen LogP contribution in [0.5, 0.6) is 0 Å². The van der Waals surface area contributed by atoms with Crippen LogP contribution >= 0.6 is 23.2 Å². The highest BCUT2D eigenvalue weighted by molar-refractivity contribution is 6.34. The van der Waals surface area contributed by atoms with Crippen molar-refractivity contribution in [2.45, 2.75) is 0 Å². The van der Waals surface area contributed by atoms with Gasteiger partial charge in [0.05, 0.1) is 5.56 Å². The van der Waals surface area contributed by atoms with Crippen molar-refractivity contribution < 1.29 is 9.18 Å². The molecule has 1 aromatic heterocycles. The van der Waals surface area contributed by atoms with Gasteiger partial charge in [0.2, 0.25) is 0 Å². The molecule has 1 rings (SSSR count). The SMILES string of the molecule is CN(N)C(=O)c1cc(F)c(Cl)nc1Cl. The Kier molecular flexibility index (Phi) is 3.25. The highest BCUT2D eigenvalue weighted by Crippen LogP contribution is 2.20. The lowest BCUT2D eigenvalue weighted by Gasteiger charge is -2.10. The third-order valence-corrected chi connectivity index (χ3v) is 1.99. The molecule has 0 fully saturated rings. The molecule has 0 radical (unpaired) electrons. The van der Waals surface area contributed by atoms with Gasteiger partial charge in [-0.05, 0) is 6.07 Å². The van der Waals surface area contributed by atoms with Gasteiger partial charge in [-0.1, -0.05) is 23.2 Å². The zero-order valence-corrected chi connectivity index (χ0v) is 8.60. The molecule has 0 saturated heterocycles. The molecule has 0 spiro atoms. The van der Waals surface area contributed by atoms with Gasteiger partial charge in [0.25, 0.3) is 5.91 Å². The van der Waals surface area contributed by atoms with E-state index < -0.39 is 11.7 Å². The minimum Gasteiger partial charge on any atom is -0.280 e. The number of hydrogen-bond donors (Lipinski definition) is 1. The van der Waals surface area contributed by atoms with Crippen LogP contribution in [0.25, 0.3) is 0 Å². The maximum absolute atomic E-state index is 12.9. The number of pyridine rings is 1. The van der Waals surface area contributed by atoms with Gasteiger partial charge in [-0.25, -0.2) is 15.2 Å². The molecule has 0 aliphatic rings. The summed E-state index contributed by atoms with van der Waals surface area (Å²) in [6, 6.07) is 0.892. The summed E-state index contributed by atoms with van der Waals surface area (Å²) >= 11 is 10.9. The topological polar surface area (TPSA) is 59.2 Å². The van der Waals surface area contributed by atoms with Gasteiger partial charge in [-0.3, -0.25) is 9.80 Å². The van der Waals surface area contributed by atoms with Crippen LogP contribution in [-0.2, 0) is 0 Å². The molecule has 4 nitrogen and oxygen atoms in total. The van der Waals surface area contributed by atoms with Crippen molar-refractivity contribution in [1.82, 2.24) is 9.99 Å². The summed E-state index contributed by atoms with van der Waals surface area (Å²) in [5, 5.41) is 0.209. The van der Waals surface area contributed by atoms with Gasteiger partial charge in [0.1, 0.15) is 5.15 Å². The summed E-state index contributed by atoms with van der Waals surface area (Å²) in [5.74, 6) is 3.71. The molecule has 1 heterocycles. The number of hydrogen-bond acceptors (Lipinski definition) is 3. The van der Waals surface area contributed by atoms with Crippen molar-refractivity contribution in [1.29, 1.82) is 0 Å². The molecular formula is C7H6Cl2FN3O. The highest BCUT2D eigenvalue weighted by Gasteiger charge is 2.17. The molecule has 0 unspecified atom stereocenters. The lowest BCUT2D eigenvalue weighted by molar-refractivity contribution is 0.0794. The molecule has 0 aromatic carbocycles. The first-order valence-corrected chi connectivity index (χ1v) is 4.23. The minimum atomic E-state index is -0.818. The number of rotatable bonds is 1. The number of carbonyl (C=O) groups is 1. The molecule has 2 N–H and O–H groups in total. The molecule has 14 heavy (non-hydrogen) atoms. The van der Waals surface area contributed by atoms with Crippen molar-refractivity contribution in [3.8, 4) is 0 Å². The molecule has 76 valence electrons. The maximum atomic E-state index is 12.9. The van der Waals surface area contributed by atoms with Crippen molar-refractivity contribution in [3.63, 3.8) is 0 Å². The van der Waals surface area contributed by atoms with Crippen molar-refractivity contribution in [2.24, 2.45) is 5.84 Å². The lowest BCUT2D eigenvalue weighted by Crippen LogP contribution is -2.33. The Morgan fingerprint density at radius 2 is 2.14 bits per heavy atom. The first-order chi connectivity index (χ1) is 6.43. The van der Waals surface area contributed by atoms with E-state index in [-0.39, 0.29) is 15.9 Å². The second-order valence-electron chi connectivity index (χ2n) is 2.52. The summed E-state index contributed by atoms with van der Waals surface area (Å²) in [6.45, 7) is 0. The Labute approximate surface area is 89.4 Å². The van der Waals surface area contributed by atoms with E-state index in [0.29, 0.717) is 0 Å². The van der Waals surface area contributed by atoms with Crippen LogP contribution in [0, 0.1) is 5.82 Å². The van der Waals surface area contributed by atoms with Crippen LogP contribution in [0.2, 0.25) is 10.3 Å². The number of nitrogens with zero attached hydrogens (tertiary/aromatic N) is 2. The Hall–Kier alpha value is -0.910. The molecule has 1 aromatic rings. The van der Waals surface area contributed by atoms with E-state index in [2.05, 4.69) is 4.98 Å². The molecule has 7 heteroatoms. The van der Waals surface area contributed by atoms with Crippen LogP contribution in [-0.4, -0.2) is 22.9 Å². The predicted molar refractivity (Wildman–Crippen MR) is 50.5 cm³/mol. The molecule has 1 amide bonds. The summed E-state index contributed by atoms with van der Waals surface area (Å²) in [6.07, 6.45) is 0. The van der Waals surface area contributed by atoms with Gasteiger partial charge in [0, 0.05) is 7.05 Å². The monoisotopic (exact) mass is 237 g/mol. The number of halogens is 3. The number of amides is 1. The number of hydrazine groups is 1. The number of aromatic nitrogens is 1. The summed E-state index contributed by atoms with van der Waals surface area (Å²) < 4.78 is 12.9. The second-order valence-corrected chi connectivity index (χ2v) is 3.23. The van der Waals surface area contributed by atoms with Gasteiger partial charge >= 0.3 is 0 Å². The van der Waals surface area contributed by atoms with E-state index in [1.165, 1.54) is 7.05 Å².